The van der Waals surface area contributed by atoms with Gasteiger partial charge in [-0.05, 0) is 30.4 Å². The summed E-state index contributed by atoms with van der Waals surface area (Å²) in [6, 6.07) is 19.5. The van der Waals surface area contributed by atoms with E-state index in [1.54, 1.807) is 0 Å². The molecule has 2 aliphatic rings. The smallest absolute Gasteiger partial charge is 0.124 e. The predicted octanol–water partition coefficient (Wildman–Crippen LogP) is 4.48. The molecule has 2 heterocycles. The molecule has 4 rings (SSSR count). The van der Waals surface area contributed by atoms with Gasteiger partial charge in [-0.2, -0.15) is 0 Å². The number of ether oxygens (including phenoxy) is 2. The zero-order valence-corrected chi connectivity index (χ0v) is 18.4. The van der Waals surface area contributed by atoms with Crippen molar-refractivity contribution >= 4 is 24.8 Å². The Hall–Kier alpha value is -1.30. The maximum Gasteiger partial charge on any atom is 0.124 e. The van der Waals surface area contributed by atoms with Gasteiger partial charge in [-0.1, -0.05) is 48.5 Å². The molecule has 0 unspecified atom stereocenters. The van der Waals surface area contributed by atoms with Crippen molar-refractivity contribution in [3.05, 3.63) is 65.7 Å². The topological polar surface area (TPSA) is 33.7 Å². The van der Waals surface area contributed by atoms with Crippen LogP contribution in [0, 0.1) is 5.92 Å². The van der Waals surface area contributed by atoms with Crippen LogP contribution in [0.5, 0.6) is 5.75 Å². The number of nitrogens with zero attached hydrogens (tertiary/aromatic N) is 1. The highest BCUT2D eigenvalue weighted by Crippen LogP contribution is 2.39. The summed E-state index contributed by atoms with van der Waals surface area (Å²) in [5.41, 5.74) is 2.54. The Bertz CT molecular complexity index is 687. The van der Waals surface area contributed by atoms with Gasteiger partial charge in [-0.25, -0.2) is 0 Å². The molecule has 2 fully saturated rings. The lowest BCUT2D eigenvalue weighted by molar-refractivity contribution is 0.0204. The number of halogens is 2. The van der Waals surface area contributed by atoms with Gasteiger partial charge in [-0.3, -0.25) is 4.90 Å². The standard InChI is InChI=1S/C23H30N2O2.2ClH/c1-2-6-19(7-3-1)18-27-22-9-5-4-8-21(22)23(20-10-16-26-17-11-20)25-14-12-24-13-15-25;;/h1-9,20,23-24H,10-18H2;2*1H/t23-;;/m0../s1. The summed E-state index contributed by atoms with van der Waals surface area (Å²) in [5.74, 6) is 1.65. The average molecular weight is 439 g/mol. The van der Waals surface area contributed by atoms with Crippen LogP contribution in [0.15, 0.2) is 54.6 Å². The highest BCUT2D eigenvalue weighted by Gasteiger charge is 2.33. The van der Waals surface area contributed by atoms with Gasteiger partial charge in [0.1, 0.15) is 12.4 Å². The van der Waals surface area contributed by atoms with Crippen molar-refractivity contribution in [3.63, 3.8) is 0 Å². The number of hydrogen-bond donors (Lipinski definition) is 1. The highest BCUT2D eigenvalue weighted by molar-refractivity contribution is 5.85. The second-order valence-corrected chi connectivity index (χ2v) is 7.49. The van der Waals surface area contributed by atoms with Gasteiger partial charge >= 0.3 is 0 Å². The molecule has 0 aliphatic carbocycles. The molecule has 0 saturated carbocycles. The molecule has 0 amide bonds. The summed E-state index contributed by atoms with van der Waals surface area (Å²) in [5, 5.41) is 3.49. The summed E-state index contributed by atoms with van der Waals surface area (Å²) < 4.78 is 12.0. The normalized spacial score (nSPS) is 18.9. The molecule has 0 aromatic heterocycles. The third-order valence-corrected chi connectivity index (χ3v) is 5.73. The van der Waals surface area contributed by atoms with E-state index in [1.165, 1.54) is 11.1 Å². The molecule has 6 heteroatoms. The van der Waals surface area contributed by atoms with Gasteiger partial charge in [0.05, 0.1) is 0 Å². The van der Waals surface area contributed by atoms with Crippen molar-refractivity contribution in [2.45, 2.75) is 25.5 Å². The number of benzene rings is 2. The summed E-state index contributed by atoms with van der Waals surface area (Å²) in [6.07, 6.45) is 2.25. The summed E-state index contributed by atoms with van der Waals surface area (Å²) in [4.78, 5) is 2.65. The Morgan fingerprint density at radius 2 is 1.59 bits per heavy atom. The van der Waals surface area contributed by atoms with Crippen LogP contribution in [0.1, 0.15) is 30.0 Å². The van der Waals surface area contributed by atoms with E-state index < -0.39 is 0 Å². The fourth-order valence-corrected chi connectivity index (χ4v) is 4.33. The van der Waals surface area contributed by atoms with Gasteiger partial charge < -0.3 is 14.8 Å². The van der Waals surface area contributed by atoms with Gasteiger partial charge in [-0.15, -0.1) is 24.8 Å². The van der Waals surface area contributed by atoms with Crippen LogP contribution in [0.3, 0.4) is 0 Å². The lowest BCUT2D eigenvalue weighted by Gasteiger charge is -2.41. The van der Waals surface area contributed by atoms with E-state index in [4.69, 9.17) is 9.47 Å². The Labute approximate surface area is 186 Å². The van der Waals surface area contributed by atoms with Gasteiger partial charge in [0.15, 0.2) is 0 Å². The average Bonchev–Trinajstić information content (AvgIpc) is 2.76. The molecule has 4 nitrogen and oxygen atoms in total. The van der Waals surface area contributed by atoms with Crippen molar-refractivity contribution in [2.24, 2.45) is 5.92 Å². The molecule has 160 valence electrons. The molecule has 2 saturated heterocycles. The largest absolute Gasteiger partial charge is 0.489 e. The molecule has 0 spiro atoms. The molecule has 0 radical (unpaired) electrons. The lowest BCUT2D eigenvalue weighted by Crippen LogP contribution is -2.47. The maximum atomic E-state index is 6.31. The fourth-order valence-electron chi connectivity index (χ4n) is 4.33. The van der Waals surface area contributed by atoms with Crippen LogP contribution in [0.2, 0.25) is 0 Å². The quantitative estimate of drug-likeness (QED) is 0.720. The molecular weight excluding hydrogens is 407 g/mol. The number of rotatable bonds is 6. The lowest BCUT2D eigenvalue weighted by atomic mass is 9.85. The van der Waals surface area contributed by atoms with Crippen LogP contribution in [-0.2, 0) is 11.3 Å². The Balaban J connectivity index is 0.00000150. The molecule has 2 aromatic rings. The third-order valence-electron chi connectivity index (χ3n) is 5.73. The summed E-state index contributed by atoms with van der Waals surface area (Å²) in [7, 11) is 0. The highest BCUT2D eigenvalue weighted by atomic mass is 35.5. The molecule has 1 N–H and O–H groups in total. The predicted molar refractivity (Wildman–Crippen MR) is 122 cm³/mol. The summed E-state index contributed by atoms with van der Waals surface area (Å²) >= 11 is 0. The van der Waals surface area contributed by atoms with Gasteiger partial charge in [0.25, 0.3) is 0 Å². The van der Waals surface area contributed by atoms with Gasteiger partial charge in [0, 0.05) is 51.0 Å². The Morgan fingerprint density at radius 1 is 0.931 bits per heavy atom. The first-order valence-electron chi connectivity index (χ1n) is 10.2. The minimum Gasteiger partial charge on any atom is -0.489 e. The second kappa shape index (κ2) is 12.4. The second-order valence-electron chi connectivity index (χ2n) is 7.49. The van der Waals surface area contributed by atoms with Crippen LogP contribution in [0.4, 0.5) is 0 Å². The van der Waals surface area contributed by atoms with Crippen molar-refractivity contribution in [3.8, 4) is 5.75 Å². The minimum atomic E-state index is 0. The van der Waals surface area contributed by atoms with Crippen molar-refractivity contribution in [2.75, 3.05) is 39.4 Å². The van der Waals surface area contributed by atoms with E-state index in [9.17, 15) is 0 Å². The van der Waals surface area contributed by atoms with E-state index in [0.29, 0.717) is 18.6 Å². The molecule has 0 bridgehead atoms. The summed E-state index contributed by atoms with van der Waals surface area (Å²) in [6.45, 7) is 6.67. The van der Waals surface area contributed by atoms with Crippen molar-refractivity contribution in [1.29, 1.82) is 0 Å². The Kier molecular flexibility index (Phi) is 10.3. The van der Waals surface area contributed by atoms with E-state index in [1.807, 2.05) is 6.07 Å². The van der Waals surface area contributed by atoms with E-state index in [-0.39, 0.29) is 24.8 Å². The van der Waals surface area contributed by atoms with Crippen LogP contribution >= 0.6 is 24.8 Å². The van der Waals surface area contributed by atoms with Crippen LogP contribution < -0.4 is 10.1 Å². The maximum absolute atomic E-state index is 6.31. The van der Waals surface area contributed by atoms with Crippen LogP contribution in [-0.4, -0.2) is 44.3 Å². The van der Waals surface area contributed by atoms with E-state index in [0.717, 1.165) is 58.0 Å². The number of nitrogens with one attached hydrogen (secondary N) is 1. The van der Waals surface area contributed by atoms with Crippen molar-refractivity contribution in [1.82, 2.24) is 10.2 Å². The fraction of sp³-hybridized carbons (Fsp3) is 0.478. The van der Waals surface area contributed by atoms with Gasteiger partial charge in [0.2, 0.25) is 0 Å². The first-order valence-corrected chi connectivity index (χ1v) is 10.2. The zero-order valence-electron chi connectivity index (χ0n) is 16.8. The Morgan fingerprint density at radius 3 is 2.31 bits per heavy atom. The monoisotopic (exact) mass is 438 g/mol. The molecule has 2 aliphatic heterocycles. The first kappa shape index (κ1) is 24.0. The van der Waals surface area contributed by atoms with Crippen LogP contribution in [0.25, 0.3) is 0 Å². The first-order chi connectivity index (χ1) is 13.4. The molecule has 1 atom stereocenters. The van der Waals surface area contributed by atoms with E-state index >= 15 is 0 Å². The SMILES string of the molecule is Cl.Cl.c1ccc(COc2ccccc2[C@H](C2CCOCC2)N2CCNCC2)cc1. The molecular formula is C23H32Cl2N2O2. The molecule has 2 aromatic carbocycles. The minimum absolute atomic E-state index is 0. The number of para-hydroxylation sites is 1. The number of hydrogen-bond acceptors (Lipinski definition) is 4. The van der Waals surface area contributed by atoms with E-state index in [2.05, 4.69) is 58.7 Å². The molecule has 29 heavy (non-hydrogen) atoms. The number of piperazine rings is 1. The zero-order chi connectivity index (χ0) is 18.3. The third kappa shape index (κ3) is 6.34. The van der Waals surface area contributed by atoms with Crippen molar-refractivity contribution < 1.29 is 9.47 Å².